The fraction of sp³-hybridized carbons (Fsp3) is 0.400. The van der Waals surface area contributed by atoms with Crippen LogP contribution in [0.15, 0.2) is 28.8 Å². The summed E-state index contributed by atoms with van der Waals surface area (Å²) in [5.41, 5.74) is 1.26. The van der Waals surface area contributed by atoms with Crippen LogP contribution in [-0.4, -0.2) is 42.6 Å². The summed E-state index contributed by atoms with van der Waals surface area (Å²) in [7, 11) is 2.99. The Bertz CT molecular complexity index is 650. The highest BCUT2D eigenvalue weighted by Crippen LogP contribution is 2.18. The van der Waals surface area contributed by atoms with E-state index >= 15 is 0 Å². The lowest BCUT2D eigenvalue weighted by Gasteiger charge is -2.19. The molecule has 6 heteroatoms. The highest BCUT2D eigenvalue weighted by molar-refractivity contribution is 5.86. The van der Waals surface area contributed by atoms with Crippen LogP contribution in [0.1, 0.15) is 12.6 Å². The normalized spacial score (nSPS) is 12.1. The number of amides is 1. The van der Waals surface area contributed by atoms with Gasteiger partial charge in [0.25, 0.3) is 0 Å². The average molecular weight is 290 g/mol. The van der Waals surface area contributed by atoms with Gasteiger partial charge in [0.2, 0.25) is 5.91 Å². The first-order chi connectivity index (χ1) is 10.0. The summed E-state index contributed by atoms with van der Waals surface area (Å²) in [6.45, 7) is 2.03. The van der Waals surface area contributed by atoms with Crippen LogP contribution in [0.4, 0.5) is 0 Å². The van der Waals surface area contributed by atoms with Gasteiger partial charge < -0.3 is 14.2 Å². The molecule has 1 atom stereocenters. The second-order valence-corrected chi connectivity index (χ2v) is 5.00. The maximum atomic E-state index is 12.2. The molecule has 1 heterocycles. The number of hydrogen-bond donors (Lipinski definition) is 0. The Kier molecular flexibility index (Phi) is 4.57. The van der Waals surface area contributed by atoms with Gasteiger partial charge in [-0.1, -0.05) is 24.2 Å². The molecule has 6 nitrogen and oxygen atoms in total. The highest BCUT2D eigenvalue weighted by atomic mass is 16.5. The summed E-state index contributed by atoms with van der Waals surface area (Å²) < 4.78 is 9.82. The molecule has 0 fully saturated rings. The Hall–Kier alpha value is -2.37. The van der Waals surface area contributed by atoms with E-state index in [0.29, 0.717) is 17.8 Å². The molecule has 0 bridgehead atoms. The van der Waals surface area contributed by atoms with Gasteiger partial charge in [-0.25, -0.2) is 0 Å². The summed E-state index contributed by atoms with van der Waals surface area (Å²) in [6, 6.07) is 7.39. The van der Waals surface area contributed by atoms with E-state index in [1.165, 1.54) is 12.0 Å². The van der Waals surface area contributed by atoms with Crippen molar-refractivity contribution in [2.24, 2.45) is 5.92 Å². The minimum absolute atomic E-state index is 0.121. The second kappa shape index (κ2) is 6.39. The Morgan fingerprint density at radius 1 is 1.38 bits per heavy atom. The van der Waals surface area contributed by atoms with Crippen molar-refractivity contribution in [3.8, 4) is 0 Å². The van der Waals surface area contributed by atoms with E-state index < -0.39 is 0 Å². The van der Waals surface area contributed by atoms with Crippen LogP contribution in [0.3, 0.4) is 0 Å². The highest BCUT2D eigenvalue weighted by Gasteiger charge is 2.20. The van der Waals surface area contributed by atoms with Crippen LogP contribution in [0.2, 0.25) is 0 Å². The first-order valence-electron chi connectivity index (χ1n) is 6.68. The molecule has 0 saturated heterocycles. The molecule has 0 saturated carbocycles. The number of methoxy groups -OCH3 is 1. The molecule has 0 aliphatic rings. The largest absolute Gasteiger partial charge is 0.469 e. The van der Waals surface area contributed by atoms with Crippen LogP contribution in [0.5, 0.6) is 0 Å². The van der Waals surface area contributed by atoms with Gasteiger partial charge in [-0.15, -0.1) is 0 Å². The van der Waals surface area contributed by atoms with Gasteiger partial charge in [0.05, 0.1) is 19.4 Å². The number of hydrogen-bond acceptors (Lipinski definition) is 5. The Morgan fingerprint density at radius 3 is 2.81 bits per heavy atom. The number of para-hydroxylation sites is 1. The number of rotatable bonds is 5. The monoisotopic (exact) mass is 290 g/mol. The van der Waals surface area contributed by atoms with Gasteiger partial charge in [0.15, 0.2) is 5.58 Å². The van der Waals surface area contributed by atoms with Crippen LogP contribution >= 0.6 is 0 Å². The molecule has 1 aromatic carbocycles. The molecule has 0 radical (unpaired) electrons. The SMILES string of the molecule is COC(=O)C(C)CN(C)C(=O)Cc1noc2ccccc12. The molecule has 1 amide bonds. The maximum Gasteiger partial charge on any atom is 0.310 e. The van der Waals surface area contributed by atoms with Crippen LogP contribution < -0.4 is 0 Å². The van der Waals surface area contributed by atoms with Gasteiger partial charge in [-0.2, -0.15) is 0 Å². The Morgan fingerprint density at radius 2 is 2.10 bits per heavy atom. The van der Waals surface area contributed by atoms with Gasteiger partial charge in [-0.05, 0) is 12.1 Å². The lowest BCUT2D eigenvalue weighted by Crippen LogP contribution is -2.35. The average Bonchev–Trinajstić information content (AvgIpc) is 2.89. The zero-order valence-corrected chi connectivity index (χ0v) is 12.3. The van der Waals surface area contributed by atoms with E-state index in [1.54, 1.807) is 20.0 Å². The molecule has 0 aliphatic carbocycles. The number of esters is 1. The topological polar surface area (TPSA) is 72.6 Å². The molecule has 0 N–H and O–H groups in total. The number of aromatic nitrogens is 1. The minimum Gasteiger partial charge on any atom is -0.469 e. The summed E-state index contributed by atoms with van der Waals surface area (Å²) in [6.07, 6.45) is 0.140. The van der Waals surface area contributed by atoms with Crippen molar-refractivity contribution in [1.82, 2.24) is 10.1 Å². The number of likely N-dealkylation sites (N-methyl/N-ethyl adjacent to an activating group) is 1. The van der Waals surface area contributed by atoms with Gasteiger partial charge in [-0.3, -0.25) is 9.59 Å². The molecule has 21 heavy (non-hydrogen) atoms. The molecule has 2 rings (SSSR count). The Labute approximate surface area is 122 Å². The number of carbonyl (C=O) groups is 2. The van der Waals surface area contributed by atoms with E-state index in [0.717, 1.165) is 5.39 Å². The molecule has 2 aromatic rings. The fourth-order valence-corrected chi connectivity index (χ4v) is 2.13. The first-order valence-corrected chi connectivity index (χ1v) is 6.68. The van der Waals surface area contributed by atoms with E-state index in [2.05, 4.69) is 9.89 Å². The minimum atomic E-state index is -0.363. The van der Waals surface area contributed by atoms with E-state index in [1.807, 2.05) is 18.2 Å². The molecule has 0 spiro atoms. The first kappa shape index (κ1) is 15.0. The zero-order valence-electron chi connectivity index (χ0n) is 12.3. The van der Waals surface area contributed by atoms with Crippen LogP contribution in [0, 0.1) is 5.92 Å². The second-order valence-electron chi connectivity index (χ2n) is 5.00. The third-order valence-corrected chi connectivity index (χ3v) is 3.35. The summed E-state index contributed by atoms with van der Waals surface area (Å²) in [4.78, 5) is 25.1. The number of ether oxygens (including phenoxy) is 1. The quantitative estimate of drug-likeness (QED) is 0.783. The van der Waals surface area contributed by atoms with E-state index in [-0.39, 0.29) is 24.2 Å². The van der Waals surface area contributed by atoms with Crippen molar-refractivity contribution in [3.63, 3.8) is 0 Å². The van der Waals surface area contributed by atoms with Crippen molar-refractivity contribution in [2.75, 3.05) is 20.7 Å². The standard InChI is InChI=1S/C15H18N2O4/c1-10(15(19)20-3)9-17(2)14(18)8-12-11-6-4-5-7-13(11)21-16-12/h4-7,10H,8-9H2,1-3H3. The molecule has 1 aromatic heterocycles. The van der Waals surface area contributed by atoms with Crippen LogP contribution in [0.25, 0.3) is 11.0 Å². The number of benzene rings is 1. The fourth-order valence-electron chi connectivity index (χ4n) is 2.13. The van der Waals surface area contributed by atoms with Crippen molar-refractivity contribution in [3.05, 3.63) is 30.0 Å². The van der Waals surface area contributed by atoms with Gasteiger partial charge in [0, 0.05) is 19.0 Å². The van der Waals surface area contributed by atoms with Crippen molar-refractivity contribution in [2.45, 2.75) is 13.3 Å². The summed E-state index contributed by atoms with van der Waals surface area (Å²) >= 11 is 0. The number of carbonyl (C=O) groups excluding carboxylic acids is 2. The molecule has 0 aliphatic heterocycles. The predicted octanol–water partition coefficient (Wildman–Crippen LogP) is 1.64. The predicted molar refractivity (Wildman–Crippen MR) is 76.5 cm³/mol. The van der Waals surface area contributed by atoms with E-state index in [9.17, 15) is 9.59 Å². The summed E-state index contributed by atoms with van der Waals surface area (Å²) in [5.74, 6) is -0.815. The smallest absolute Gasteiger partial charge is 0.310 e. The zero-order chi connectivity index (χ0) is 15.4. The van der Waals surface area contributed by atoms with Crippen molar-refractivity contribution in [1.29, 1.82) is 0 Å². The van der Waals surface area contributed by atoms with E-state index in [4.69, 9.17) is 4.52 Å². The number of nitrogens with zero attached hydrogens (tertiary/aromatic N) is 2. The third-order valence-electron chi connectivity index (χ3n) is 3.35. The van der Waals surface area contributed by atoms with Crippen molar-refractivity contribution >= 4 is 22.8 Å². The van der Waals surface area contributed by atoms with Gasteiger partial charge in [0.1, 0.15) is 5.69 Å². The Balaban J connectivity index is 2.02. The lowest BCUT2D eigenvalue weighted by molar-refractivity contribution is -0.146. The van der Waals surface area contributed by atoms with Crippen molar-refractivity contribution < 1.29 is 18.8 Å². The molecule has 1 unspecified atom stereocenters. The van der Waals surface area contributed by atoms with Gasteiger partial charge >= 0.3 is 5.97 Å². The molecular weight excluding hydrogens is 272 g/mol. The third kappa shape index (κ3) is 3.39. The molecular formula is C15H18N2O4. The number of fused-ring (bicyclic) bond motifs is 1. The summed E-state index contributed by atoms with van der Waals surface area (Å²) in [5, 5.41) is 4.77. The molecule has 112 valence electrons. The van der Waals surface area contributed by atoms with Crippen LogP contribution in [-0.2, 0) is 20.7 Å². The lowest BCUT2D eigenvalue weighted by atomic mass is 10.1. The maximum absolute atomic E-state index is 12.2.